The minimum Gasteiger partial charge on any atom is -0.332 e. The van der Waals surface area contributed by atoms with Gasteiger partial charge in [-0.25, -0.2) is 9.97 Å². The molecule has 0 radical (unpaired) electrons. The summed E-state index contributed by atoms with van der Waals surface area (Å²) in [6, 6.07) is 10.7. The summed E-state index contributed by atoms with van der Waals surface area (Å²) in [6.07, 6.45) is 8.37. The van der Waals surface area contributed by atoms with E-state index < -0.39 is 0 Å². The highest BCUT2D eigenvalue weighted by atomic mass is 16.2. The largest absolute Gasteiger partial charge is 0.332 e. The molecule has 2 unspecified atom stereocenters. The Morgan fingerprint density at radius 3 is 2.67 bits per heavy atom. The fourth-order valence-electron chi connectivity index (χ4n) is 4.41. The average Bonchev–Trinajstić information content (AvgIpc) is 2.89. The zero-order valence-electron chi connectivity index (χ0n) is 13.7. The molecule has 2 aliphatic heterocycles. The molecule has 3 heterocycles. The van der Waals surface area contributed by atoms with Gasteiger partial charge in [-0.3, -0.25) is 4.79 Å². The Labute approximate surface area is 141 Å². The van der Waals surface area contributed by atoms with E-state index in [9.17, 15) is 4.79 Å². The van der Waals surface area contributed by atoms with Crippen molar-refractivity contribution in [3.8, 4) is 11.4 Å². The summed E-state index contributed by atoms with van der Waals surface area (Å²) >= 11 is 0. The van der Waals surface area contributed by atoms with Gasteiger partial charge in [0.2, 0.25) is 5.91 Å². The van der Waals surface area contributed by atoms with E-state index in [1.807, 2.05) is 36.5 Å². The quantitative estimate of drug-likeness (QED) is 0.850. The van der Waals surface area contributed by atoms with Crippen LogP contribution in [0, 0.1) is 5.92 Å². The lowest BCUT2D eigenvalue weighted by Crippen LogP contribution is -2.46. The van der Waals surface area contributed by atoms with E-state index in [1.54, 1.807) is 0 Å². The van der Waals surface area contributed by atoms with E-state index in [-0.39, 0.29) is 12.0 Å². The Hall–Kier alpha value is -2.23. The van der Waals surface area contributed by atoms with Gasteiger partial charge in [-0.15, -0.1) is 0 Å². The Morgan fingerprint density at radius 1 is 1.08 bits per heavy atom. The highest BCUT2D eigenvalue weighted by Crippen LogP contribution is 2.45. The summed E-state index contributed by atoms with van der Waals surface area (Å²) in [5, 5.41) is 0. The predicted octanol–water partition coefficient (Wildman–Crippen LogP) is 3.53. The molecule has 24 heavy (non-hydrogen) atoms. The third-order valence-corrected chi connectivity index (χ3v) is 5.93. The van der Waals surface area contributed by atoms with Crippen molar-refractivity contribution >= 4 is 5.91 Å². The highest BCUT2D eigenvalue weighted by Gasteiger charge is 2.45. The number of nitrogens with zero attached hydrogens (tertiary/aromatic N) is 3. The molecular formula is C20H21N3O. The van der Waals surface area contributed by atoms with Gasteiger partial charge < -0.3 is 4.90 Å². The van der Waals surface area contributed by atoms with Gasteiger partial charge in [-0.2, -0.15) is 0 Å². The fraction of sp³-hybridized carbons (Fsp3) is 0.450. The van der Waals surface area contributed by atoms with Crippen LogP contribution in [0.3, 0.4) is 0 Å². The number of hydrogen-bond acceptors (Lipinski definition) is 3. The minimum atomic E-state index is 0.205. The summed E-state index contributed by atoms with van der Waals surface area (Å²) in [7, 11) is 0. The molecule has 1 aromatic carbocycles. The summed E-state index contributed by atoms with van der Waals surface area (Å²) < 4.78 is 0. The smallest absolute Gasteiger partial charge is 0.226 e. The molecule has 4 heteroatoms. The van der Waals surface area contributed by atoms with E-state index in [2.05, 4.69) is 9.88 Å². The molecule has 3 aliphatic rings. The third-order valence-electron chi connectivity index (χ3n) is 5.93. The van der Waals surface area contributed by atoms with Crippen LogP contribution in [0.5, 0.6) is 0 Å². The summed E-state index contributed by atoms with van der Waals surface area (Å²) in [5.74, 6) is 1.46. The average molecular weight is 319 g/mol. The predicted molar refractivity (Wildman–Crippen MR) is 91.1 cm³/mol. The molecule has 122 valence electrons. The molecule has 1 saturated carbocycles. The van der Waals surface area contributed by atoms with Crippen LogP contribution in [0.15, 0.2) is 36.5 Å². The topological polar surface area (TPSA) is 46.1 Å². The monoisotopic (exact) mass is 319 g/mol. The van der Waals surface area contributed by atoms with Gasteiger partial charge in [0.1, 0.15) is 0 Å². The van der Waals surface area contributed by atoms with E-state index in [4.69, 9.17) is 4.98 Å². The molecule has 5 rings (SSSR count). The van der Waals surface area contributed by atoms with Crippen LogP contribution >= 0.6 is 0 Å². The van der Waals surface area contributed by atoms with Crippen molar-refractivity contribution in [2.45, 2.75) is 50.6 Å². The number of aromatic nitrogens is 2. The SMILES string of the molecule is O=C(C1CCC1)N1C2CCC1c1cnc(-c3ccccc3)nc1C2. The second kappa shape index (κ2) is 5.40. The molecule has 2 atom stereocenters. The normalized spacial score (nSPS) is 25.2. The van der Waals surface area contributed by atoms with E-state index >= 15 is 0 Å². The number of fused-ring (bicyclic) bond motifs is 4. The third kappa shape index (κ3) is 2.09. The fourth-order valence-corrected chi connectivity index (χ4v) is 4.41. The number of benzene rings is 1. The number of rotatable bonds is 2. The second-order valence-corrected chi connectivity index (χ2v) is 7.29. The van der Waals surface area contributed by atoms with Gasteiger partial charge in [0.25, 0.3) is 0 Å². The number of carbonyl (C=O) groups excluding carboxylic acids is 1. The van der Waals surface area contributed by atoms with E-state index in [0.29, 0.717) is 11.9 Å². The van der Waals surface area contributed by atoms with Crippen molar-refractivity contribution in [2.75, 3.05) is 0 Å². The van der Waals surface area contributed by atoms with Crippen molar-refractivity contribution in [2.24, 2.45) is 5.92 Å². The first kappa shape index (κ1) is 14.1. The van der Waals surface area contributed by atoms with Crippen LogP contribution in [0.4, 0.5) is 0 Å². The molecule has 1 saturated heterocycles. The lowest BCUT2D eigenvalue weighted by molar-refractivity contribution is -0.141. The molecule has 0 N–H and O–H groups in total. The molecule has 1 aromatic heterocycles. The van der Waals surface area contributed by atoms with Crippen LogP contribution < -0.4 is 0 Å². The number of carbonyl (C=O) groups is 1. The molecule has 2 bridgehead atoms. The lowest BCUT2D eigenvalue weighted by atomic mass is 9.83. The van der Waals surface area contributed by atoms with Crippen LogP contribution in [-0.2, 0) is 11.2 Å². The zero-order chi connectivity index (χ0) is 16.1. The maximum absolute atomic E-state index is 12.8. The molecule has 1 amide bonds. The molecule has 0 spiro atoms. The lowest BCUT2D eigenvalue weighted by Gasteiger charge is -2.39. The van der Waals surface area contributed by atoms with Crippen LogP contribution in [-0.4, -0.2) is 26.8 Å². The van der Waals surface area contributed by atoms with Crippen LogP contribution in [0.2, 0.25) is 0 Å². The number of amides is 1. The van der Waals surface area contributed by atoms with Crippen molar-refractivity contribution in [1.82, 2.24) is 14.9 Å². The van der Waals surface area contributed by atoms with Crippen molar-refractivity contribution in [3.63, 3.8) is 0 Å². The Morgan fingerprint density at radius 2 is 1.92 bits per heavy atom. The number of hydrogen-bond donors (Lipinski definition) is 0. The van der Waals surface area contributed by atoms with Gasteiger partial charge in [-0.05, 0) is 25.7 Å². The van der Waals surface area contributed by atoms with Crippen molar-refractivity contribution < 1.29 is 4.79 Å². The van der Waals surface area contributed by atoms with Gasteiger partial charge in [0, 0.05) is 35.7 Å². The van der Waals surface area contributed by atoms with Crippen molar-refractivity contribution in [1.29, 1.82) is 0 Å². The van der Waals surface area contributed by atoms with Crippen molar-refractivity contribution in [3.05, 3.63) is 47.8 Å². The second-order valence-electron chi connectivity index (χ2n) is 7.29. The molecule has 1 aliphatic carbocycles. The summed E-state index contributed by atoms with van der Waals surface area (Å²) in [5.41, 5.74) is 3.38. The van der Waals surface area contributed by atoms with Crippen LogP contribution in [0.1, 0.15) is 49.4 Å². The first-order valence-electron chi connectivity index (χ1n) is 9.04. The standard InChI is InChI=1S/C20H21N3O/c24-20(14-7-4-8-14)23-15-9-10-18(23)16-12-21-19(22-17(16)11-15)13-5-2-1-3-6-13/h1-3,5-6,12,14-15,18H,4,7-11H2. The van der Waals surface area contributed by atoms with Gasteiger partial charge in [-0.1, -0.05) is 36.8 Å². The highest BCUT2D eigenvalue weighted by molar-refractivity contribution is 5.81. The first-order chi connectivity index (χ1) is 11.8. The van der Waals surface area contributed by atoms with Gasteiger partial charge >= 0.3 is 0 Å². The Bertz CT molecular complexity index is 785. The molecule has 2 fully saturated rings. The minimum absolute atomic E-state index is 0.205. The van der Waals surface area contributed by atoms with Gasteiger partial charge in [0.05, 0.1) is 11.7 Å². The van der Waals surface area contributed by atoms with Gasteiger partial charge in [0.15, 0.2) is 5.82 Å². The maximum Gasteiger partial charge on any atom is 0.226 e. The zero-order valence-corrected chi connectivity index (χ0v) is 13.7. The van der Waals surface area contributed by atoms with E-state index in [1.165, 1.54) is 12.0 Å². The molecule has 2 aromatic rings. The molecular weight excluding hydrogens is 298 g/mol. The maximum atomic E-state index is 12.8. The summed E-state index contributed by atoms with van der Waals surface area (Å²) in [6.45, 7) is 0. The van der Waals surface area contributed by atoms with E-state index in [0.717, 1.165) is 49.2 Å². The van der Waals surface area contributed by atoms with Crippen LogP contribution in [0.25, 0.3) is 11.4 Å². The molecule has 4 nitrogen and oxygen atoms in total. The first-order valence-corrected chi connectivity index (χ1v) is 9.04. The Balaban J connectivity index is 1.49. The Kier molecular flexibility index (Phi) is 3.18. The summed E-state index contributed by atoms with van der Waals surface area (Å²) in [4.78, 5) is 24.5.